The third kappa shape index (κ3) is 6.25. The maximum Gasteiger partial charge on any atom is 0.333 e. The van der Waals surface area contributed by atoms with E-state index in [-0.39, 0.29) is 12.6 Å². The second-order valence-electron chi connectivity index (χ2n) is 4.08. The van der Waals surface area contributed by atoms with Crippen molar-refractivity contribution in [3.05, 3.63) is 12.2 Å². The minimum atomic E-state index is -0.620. The van der Waals surface area contributed by atoms with Crippen LogP contribution in [0.2, 0.25) is 0 Å². The summed E-state index contributed by atoms with van der Waals surface area (Å²) in [5.41, 5.74) is 0.350. The lowest BCUT2D eigenvalue weighted by Crippen LogP contribution is -2.31. The molecule has 2 unspecified atom stereocenters. The summed E-state index contributed by atoms with van der Waals surface area (Å²) in [6.07, 6.45) is -0.0399. The normalized spacial score (nSPS) is 14.8. The zero-order chi connectivity index (χ0) is 12.0. The second kappa shape index (κ2) is 6.58. The van der Waals surface area contributed by atoms with Crippen LogP contribution in [-0.2, 0) is 9.53 Å². The van der Waals surface area contributed by atoms with Crippen molar-refractivity contribution < 1.29 is 14.6 Å². The van der Waals surface area contributed by atoms with Gasteiger partial charge in [-0.1, -0.05) is 6.58 Å². The Morgan fingerprint density at radius 1 is 1.53 bits per heavy atom. The number of aliphatic hydroxyl groups excluding tert-OH is 1. The predicted octanol–water partition coefficient (Wildman–Crippen LogP) is 0.807. The van der Waals surface area contributed by atoms with Crippen molar-refractivity contribution in [2.45, 2.75) is 32.4 Å². The third-order valence-corrected chi connectivity index (χ3v) is 2.25. The highest BCUT2D eigenvalue weighted by atomic mass is 16.5. The quantitative estimate of drug-likeness (QED) is 0.526. The van der Waals surface area contributed by atoms with Gasteiger partial charge in [0.1, 0.15) is 6.61 Å². The number of carbonyl (C=O) groups is 1. The Morgan fingerprint density at radius 3 is 2.47 bits per heavy atom. The Bertz CT molecular complexity index is 226. The highest BCUT2D eigenvalue weighted by molar-refractivity contribution is 5.86. The largest absolute Gasteiger partial charge is 0.460 e. The van der Waals surface area contributed by atoms with E-state index in [2.05, 4.69) is 6.58 Å². The Morgan fingerprint density at radius 2 is 2.07 bits per heavy atom. The fourth-order valence-corrected chi connectivity index (χ4v) is 0.968. The van der Waals surface area contributed by atoms with Gasteiger partial charge in [0, 0.05) is 11.6 Å². The first-order valence-corrected chi connectivity index (χ1v) is 5.01. The van der Waals surface area contributed by atoms with Gasteiger partial charge in [-0.15, -0.1) is 0 Å². The molecule has 88 valence electrons. The molecule has 0 aromatic heterocycles. The maximum atomic E-state index is 11.0. The van der Waals surface area contributed by atoms with E-state index in [9.17, 15) is 9.90 Å². The van der Waals surface area contributed by atoms with Gasteiger partial charge in [0.05, 0.1) is 6.10 Å². The zero-order valence-corrected chi connectivity index (χ0v) is 9.99. The van der Waals surface area contributed by atoms with Crippen LogP contribution in [0.15, 0.2) is 12.2 Å². The van der Waals surface area contributed by atoms with Crippen LogP contribution in [0.1, 0.15) is 20.3 Å². The maximum absolute atomic E-state index is 11.0. The van der Waals surface area contributed by atoms with Gasteiger partial charge >= 0.3 is 5.97 Å². The molecule has 0 fully saturated rings. The highest BCUT2D eigenvalue weighted by Crippen LogP contribution is 2.04. The molecule has 0 radical (unpaired) electrons. The van der Waals surface area contributed by atoms with Crippen LogP contribution in [-0.4, -0.2) is 48.8 Å². The number of hydrogen-bond donors (Lipinski definition) is 1. The first-order valence-electron chi connectivity index (χ1n) is 5.01. The van der Waals surface area contributed by atoms with E-state index in [0.717, 1.165) is 0 Å². The molecule has 0 bridgehead atoms. The van der Waals surface area contributed by atoms with Gasteiger partial charge in [0.15, 0.2) is 0 Å². The third-order valence-electron chi connectivity index (χ3n) is 2.25. The Labute approximate surface area is 91.5 Å². The first kappa shape index (κ1) is 14.1. The molecule has 0 saturated heterocycles. The molecule has 0 spiro atoms. The molecule has 0 amide bonds. The molecule has 4 nitrogen and oxygen atoms in total. The van der Waals surface area contributed by atoms with Crippen LogP contribution >= 0.6 is 0 Å². The van der Waals surface area contributed by atoms with Crippen molar-refractivity contribution in [3.63, 3.8) is 0 Å². The van der Waals surface area contributed by atoms with Crippen molar-refractivity contribution in [2.24, 2.45) is 0 Å². The summed E-state index contributed by atoms with van der Waals surface area (Å²) in [6.45, 7) is 7.07. The summed E-state index contributed by atoms with van der Waals surface area (Å²) in [5, 5.41) is 9.57. The molecule has 0 aliphatic rings. The molecule has 4 heteroatoms. The van der Waals surface area contributed by atoms with E-state index in [4.69, 9.17) is 4.74 Å². The molecule has 0 saturated carbocycles. The van der Waals surface area contributed by atoms with Crippen LogP contribution in [0.25, 0.3) is 0 Å². The van der Waals surface area contributed by atoms with Crippen molar-refractivity contribution in [1.82, 2.24) is 4.90 Å². The van der Waals surface area contributed by atoms with Gasteiger partial charge in [0.2, 0.25) is 0 Å². The summed E-state index contributed by atoms with van der Waals surface area (Å²) in [7, 11) is 3.88. The molecule has 2 atom stereocenters. The van der Waals surface area contributed by atoms with Crippen molar-refractivity contribution in [1.29, 1.82) is 0 Å². The van der Waals surface area contributed by atoms with E-state index >= 15 is 0 Å². The summed E-state index contributed by atoms with van der Waals surface area (Å²) in [6, 6.07) is 0.253. The lowest BCUT2D eigenvalue weighted by molar-refractivity contribution is -0.142. The summed E-state index contributed by atoms with van der Waals surface area (Å²) in [5.74, 6) is -0.452. The molecule has 0 aliphatic carbocycles. The smallest absolute Gasteiger partial charge is 0.333 e. The minimum absolute atomic E-state index is 0.0316. The Balaban J connectivity index is 3.80. The highest BCUT2D eigenvalue weighted by Gasteiger charge is 2.14. The van der Waals surface area contributed by atoms with Gasteiger partial charge in [-0.05, 0) is 34.4 Å². The average Bonchev–Trinajstić information content (AvgIpc) is 2.13. The van der Waals surface area contributed by atoms with Gasteiger partial charge in [0.25, 0.3) is 0 Å². The number of esters is 1. The van der Waals surface area contributed by atoms with Crippen LogP contribution in [0.3, 0.4) is 0 Å². The molecule has 0 rings (SSSR count). The fourth-order valence-electron chi connectivity index (χ4n) is 0.968. The van der Waals surface area contributed by atoms with E-state index in [1.54, 1.807) is 6.92 Å². The van der Waals surface area contributed by atoms with Gasteiger partial charge in [-0.2, -0.15) is 0 Å². The number of nitrogens with zero attached hydrogens (tertiary/aromatic N) is 1. The molecular formula is C11H21NO3. The van der Waals surface area contributed by atoms with E-state index < -0.39 is 12.1 Å². The van der Waals surface area contributed by atoms with Gasteiger partial charge < -0.3 is 14.7 Å². The Hall–Kier alpha value is -0.870. The Kier molecular flexibility index (Phi) is 6.20. The predicted molar refractivity (Wildman–Crippen MR) is 59.5 cm³/mol. The lowest BCUT2D eigenvalue weighted by Gasteiger charge is -2.22. The molecule has 1 N–H and O–H groups in total. The van der Waals surface area contributed by atoms with Gasteiger partial charge in [-0.3, -0.25) is 0 Å². The number of rotatable bonds is 6. The number of carbonyl (C=O) groups excluding carboxylic acids is 1. The van der Waals surface area contributed by atoms with E-state index in [0.29, 0.717) is 12.0 Å². The van der Waals surface area contributed by atoms with Crippen LogP contribution in [0.5, 0.6) is 0 Å². The van der Waals surface area contributed by atoms with Gasteiger partial charge in [-0.25, -0.2) is 4.79 Å². The van der Waals surface area contributed by atoms with E-state index in [1.807, 2.05) is 25.9 Å². The first-order chi connectivity index (χ1) is 6.84. The summed E-state index contributed by atoms with van der Waals surface area (Å²) >= 11 is 0. The molecule has 0 aromatic rings. The molecule has 0 aromatic carbocycles. The topological polar surface area (TPSA) is 49.8 Å². The molecule has 0 heterocycles. The zero-order valence-electron chi connectivity index (χ0n) is 9.99. The van der Waals surface area contributed by atoms with Crippen molar-refractivity contribution >= 4 is 5.97 Å². The monoisotopic (exact) mass is 215 g/mol. The SMILES string of the molecule is C=C(C)C(=O)OCC(O)CC(C)N(C)C. The summed E-state index contributed by atoms with van der Waals surface area (Å²) in [4.78, 5) is 13.0. The standard InChI is InChI=1S/C11H21NO3/c1-8(2)11(14)15-7-10(13)6-9(3)12(4)5/h9-10,13H,1,6-7H2,2-5H3. The molecule has 15 heavy (non-hydrogen) atoms. The number of hydrogen-bond acceptors (Lipinski definition) is 4. The second-order valence-corrected chi connectivity index (χ2v) is 4.08. The average molecular weight is 215 g/mol. The van der Waals surface area contributed by atoms with Crippen LogP contribution < -0.4 is 0 Å². The van der Waals surface area contributed by atoms with Crippen molar-refractivity contribution in [2.75, 3.05) is 20.7 Å². The molecular weight excluding hydrogens is 194 g/mol. The van der Waals surface area contributed by atoms with Crippen molar-refractivity contribution in [3.8, 4) is 0 Å². The van der Waals surface area contributed by atoms with E-state index in [1.165, 1.54) is 0 Å². The van der Waals surface area contributed by atoms with Crippen LogP contribution in [0.4, 0.5) is 0 Å². The minimum Gasteiger partial charge on any atom is -0.460 e. The number of aliphatic hydroxyl groups is 1. The summed E-state index contributed by atoms with van der Waals surface area (Å²) < 4.78 is 4.84. The number of ether oxygens (including phenoxy) is 1. The fraction of sp³-hybridized carbons (Fsp3) is 0.727. The molecule has 0 aliphatic heterocycles. The van der Waals surface area contributed by atoms with Crippen LogP contribution in [0, 0.1) is 0 Å². The lowest BCUT2D eigenvalue weighted by atomic mass is 10.1.